The number of halogens is 1. The van der Waals surface area contributed by atoms with Gasteiger partial charge in [-0.2, -0.15) is 0 Å². The minimum absolute atomic E-state index is 0.0184. The Hall–Kier alpha value is -5.52. The van der Waals surface area contributed by atoms with Crippen LogP contribution < -0.4 is 24.5 Å². The number of benzene rings is 4. The molecule has 1 aromatic heterocycles. The number of esters is 1. The van der Waals surface area contributed by atoms with Crippen LogP contribution in [-0.2, 0) is 33.5 Å². The third-order valence-electron chi connectivity index (χ3n) is 12.1. The van der Waals surface area contributed by atoms with E-state index >= 15 is 4.79 Å². The molecule has 2 unspecified atom stereocenters. The van der Waals surface area contributed by atoms with Crippen molar-refractivity contribution in [1.82, 2.24) is 25.6 Å². The van der Waals surface area contributed by atoms with Gasteiger partial charge < -0.3 is 4.74 Å². The molecule has 1 fully saturated rings. The summed E-state index contributed by atoms with van der Waals surface area (Å²) in [5, 5.41) is 40.2. The summed E-state index contributed by atoms with van der Waals surface area (Å²) in [5.41, 5.74) is 8.45. The van der Waals surface area contributed by atoms with E-state index in [-0.39, 0.29) is 29.0 Å². The molecular formula is C49H56IN6O9P. The van der Waals surface area contributed by atoms with Crippen molar-refractivity contribution >= 4 is 54.3 Å². The van der Waals surface area contributed by atoms with E-state index in [2.05, 4.69) is 44.9 Å². The Kier molecular flexibility index (Phi) is 14.6. The molecule has 7 atom stereocenters. The average Bonchev–Trinajstić information content (AvgIpc) is 3.95. The van der Waals surface area contributed by atoms with E-state index in [0.717, 1.165) is 38.7 Å². The Bertz CT molecular complexity index is 2640. The summed E-state index contributed by atoms with van der Waals surface area (Å²) in [6, 6.07) is 27.5. The number of allylic oxidation sites excluding steroid dienone is 2. The molecule has 0 radical (unpaired) electrons. The molecule has 0 spiro atoms. The Morgan fingerprint density at radius 2 is 1.68 bits per heavy atom. The van der Waals surface area contributed by atoms with E-state index in [1.54, 1.807) is 69.6 Å². The van der Waals surface area contributed by atoms with Crippen LogP contribution in [-0.4, -0.2) is 99.7 Å². The smallest absolute Gasteiger partial charge is 0.0620 e. The SMILES string of the molecule is CCOC(=O)[C@H](C)NP(=O)(COc1ccc(C[C@@H]2[C@H](O)[C@@H](O)[C@@H](Cc3ccc(OC)cc3)I(CC3=CCC4(C)NN=CC4=C3)C(=O)N2Cc2ccc3[nH]ncc3c2)cc1)Oc1ccccc1. The minimum Gasteiger partial charge on any atom is -0.0620 e. The second-order valence-corrected chi connectivity index (χ2v) is 24.5. The fourth-order valence-corrected chi connectivity index (χ4v) is 16.8. The van der Waals surface area contributed by atoms with Gasteiger partial charge >= 0.3 is 321 Å². The van der Waals surface area contributed by atoms with Crippen molar-refractivity contribution < 1.29 is 43.1 Å². The Morgan fingerprint density at radius 1 is 0.970 bits per heavy atom. The second kappa shape index (κ2) is 20.6. The maximum atomic E-state index is 15.6. The van der Waals surface area contributed by atoms with Crippen LogP contribution in [0.3, 0.4) is 0 Å². The van der Waals surface area contributed by atoms with Gasteiger partial charge in [0.05, 0.1) is 6.61 Å². The van der Waals surface area contributed by atoms with E-state index in [1.807, 2.05) is 65.7 Å². The van der Waals surface area contributed by atoms with Gasteiger partial charge in [-0.3, -0.25) is 4.79 Å². The molecule has 66 heavy (non-hydrogen) atoms. The van der Waals surface area contributed by atoms with Crippen molar-refractivity contribution in [3.05, 3.63) is 143 Å². The van der Waals surface area contributed by atoms with Crippen molar-refractivity contribution in [2.24, 2.45) is 5.10 Å². The number of rotatable bonds is 18. The summed E-state index contributed by atoms with van der Waals surface area (Å²) in [5.74, 6) is 0.843. The number of alkyl halides is 2. The van der Waals surface area contributed by atoms with Gasteiger partial charge in [0, 0.05) is 0 Å². The van der Waals surface area contributed by atoms with Crippen LogP contribution in [0, 0.1) is 0 Å². The summed E-state index contributed by atoms with van der Waals surface area (Å²) >= 11 is -2.96. The first-order chi connectivity index (χ1) is 31.8. The van der Waals surface area contributed by atoms with Gasteiger partial charge in [-0.15, -0.1) is 0 Å². The number of hydrazone groups is 1. The predicted octanol–water partition coefficient (Wildman–Crippen LogP) is 7.71. The van der Waals surface area contributed by atoms with Crippen LogP contribution in [0.25, 0.3) is 10.9 Å². The number of aliphatic hydroxyl groups is 2. The zero-order chi connectivity index (χ0) is 46.4. The molecule has 1 amide bonds. The molecule has 0 saturated carbocycles. The van der Waals surface area contributed by atoms with Crippen LogP contribution in [0.2, 0.25) is 0 Å². The first kappa shape index (κ1) is 47.0. The average molecular weight is 1030 g/mol. The van der Waals surface area contributed by atoms with Crippen LogP contribution in [0.5, 0.6) is 17.2 Å². The number of aromatic amines is 1. The Labute approximate surface area is 391 Å². The molecule has 348 valence electrons. The molecule has 0 bridgehead atoms. The van der Waals surface area contributed by atoms with Gasteiger partial charge in [0.1, 0.15) is 11.8 Å². The molecule has 1 aliphatic carbocycles. The number of carbonyl (C=O) groups is 2. The molecule has 4 aromatic carbocycles. The van der Waals surface area contributed by atoms with E-state index in [4.69, 9.17) is 18.7 Å². The van der Waals surface area contributed by atoms with Crippen LogP contribution in [0.15, 0.2) is 132 Å². The number of hydrogen-bond donors (Lipinski definition) is 5. The summed E-state index contributed by atoms with van der Waals surface area (Å²) in [4.78, 5) is 29.9. The monoisotopic (exact) mass is 1030 g/mol. The topological polar surface area (TPSA) is 197 Å². The second-order valence-electron chi connectivity index (χ2n) is 16.9. The number of aromatic nitrogens is 2. The van der Waals surface area contributed by atoms with E-state index in [9.17, 15) is 19.6 Å². The zero-order valence-electron chi connectivity index (χ0n) is 37.3. The van der Waals surface area contributed by atoms with Gasteiger partial charge in [0.15, 0.2) is 0 Å². The molecule has 3 aliphatic rings. The quantitative estimate of drug-likeness (QED) is 0.0143. The van der Waals surface area contributed by atoms with Crippen molar-refractivity contribution in [3.8, 4) is 17.2 Å². The van der Waals surface area contributed by atoms with Crippen molar-refractivity contribution in [1.29, 1.82) is 0 Å². The predicted molar refractivity (Wildman–Crippen MR) is 263 cm³/mol. The van der Waals surface area contributed by atoms with Crippen molar-refractivity contribution in [3.63, 3.8) is 0 Å². The molecule has 2 aliphatic heterocycles. The van der Waals surface area contributed by atoms with Gasteiger partial charge in [0.2, 0.25) is 0 Å². The van der Waals surface area contributed by atoms with Gasteiger partial charge in [0.25, 0.3) is 0 Å². The fraction of sp³-hybridized carbons (Fsp3) is 0.347. The molecule has 1 saturated heterocycles. The van der Waals surface area contributed by atoms with Crippen molar-refractivity contribution in [2.75, 3.05) is 24.5 Å². The number of nitrogens with one attached hydrogen (secondary N) is 3. The van der Waals surface area contributed by atoms with Crippen LogP contribution in [0.4, 0.5) is 4.79 Å². The molecule has 15 nitrogen and oxygen atoms in total. The zero-order valence-corrected chi connectivity index (χ0v) is 40.4. The fourth-order valence-electron chi connectivity index (χ4n) is 8.37. The first-order valence-corrected chi connectivity index (χ1v) is 27.6. The molecule has 5 aromatic rings. The number of H-pyrrole nitrogens is 1. The van der Waals surface area contributed by atoms with Gasteiger partial charge in [-0.05, 0) is 26.0 Å². The molecule has 3 heterocycles. The Morgan fingerprint density at radius 3 is 2.41 bits per heavy atom. The summed E-state index contributed by atoms with van der Waals surface area (Å²) in [6.07, 6.45) is 6.30. The summed E-state index contributed by atoms with van der Waals surface area (Å²) in [7, 11) is -2.22. The van der Waals surface area contributed by atoms with Crippen LogP contribution in [0.1, 0.15) is 43.9 Å². The number of aliphatic hydroxyl groups excluding tert-OH is 2. The van der Waals surface area contributed by atoms with Gasteiger partial charge in [-0.25, -0.2) is 0 Å². The Balaban J connectivity index is 1.09. The maximum absolute atomic E-state index is 15.6. The number of amides is 1. The number of para-hydroxylation sites is 1. The normalized spacial score (nSPS) is 23.5. The number of nitrogens with zero attached hydrogens (tertiary/aromatic N) is 3. The third-order valence-corrected chi connectivity index (χ3v) is 20.5. The molecular weight excluding hydrogens is 974 g/mol. The number of fused-ring (bicyclic) bond motifs is 2. The first-order valence-electron chi connectivity index (χ1n) is 21.9. The minimum atomic E-state index is -3.83. The number of methoxy groups -OCH3 is 1. The molecule has 5 N–H and O–H groups in total. The van der Waals surface area contributed by atoms with Crippen molar-refractivity contribution in [2.45, 2.75) is 80.3 Å². The number of ether oxygens (including phenoxy) is 3. The van der Waals surface area contributed by atoms with Gasteiger partial charge in [-0.1, -0.05) is 18.2 Å². The standard InChI is InChI=1S/C49H56IN6O9P/c1-5-63-47(59)32(2)54-66(61,65-41-9-7-6-8-10-41)31-64-40-18-13-34(14-19-40)26-44-46(58)45(57)42(25-33-11-16-39(62-4)17-12-33)50(27-35-21-22-49(3)38(24-35)29-52-55-49)48(60)56(44)30-36-15-20-43-37(23-36)28-51-53-43/h6-21,23-24,28-29,32,42,44-46,55,57-58H,5,22,25-27,30-31H2,1-4H3,(H,51,53)(H,54,61)/t32-,42+,44+,45-,46-,49?,66?/m0/s1. The molecule has 8 rings (SSSR count). The van der Waals surface area contributed by atoms with E-state index in [0.29, 0.717) is 34.5 Å². The molecule has 17 heteroatoms. The number of carbonyl (C=O) groups excluding carboxylic acids is 2. The van der Waals surface area contributed by atoms with E-state index in [1.165, 1.54) is 0 Å². The third kappa shape index (κ3) is 10.8. The summed E-state index contributed by atoms with van der Waals surface area (Å²) in [6.45, 7) is 5.72. The van der Waals surface area contributed by atoms with Crippen LogP contribution >= 0.6 is 27.3 Å². The summed E-state index contributed by atoms with van der Waals surface area (Å²) < 4.78 is 36.7. The number of hydrogen-bond acceptors (Lipinski definition) is 12. The van der Waals surface area contributed by atoms with E-state index < -0.39 is 67.9 Å².